The molecule has 2 aromatic carbocycles. The Morgan fingerprint density at radius 1 is 1.12 bits per heavy atom. The molecule has 7 nitrogen and oxygen atoms in total. The summed E-state index contributed by atoms with van der Waals surface area (Å²) in [6.45, 7) is 3.62. The first-order chi connectivity index (χ1) is 16.3. The monoisotopic (exact) mass is 464 g/mol. The number of nitrogens with one attached hydrogen (secondary N) is 1. The Bertz CT molecular complexity index is 1430. The second-order valence-corrected chi connectivity index (χ2v) is 8.25. The molecule has 0 aliphatic carbocycles. The van der Waals surface area contributed by atoms with Crippen LogP contribution in [0.1, 0.15) is 37.3 Å². The van der Waals surface area contributed by atoms with E-state index in [-0.39, 0.29) is 24.2 Å². The van der Waals surface area contributed by atoms with Gasteiger partial charge in [-0.05, 0) is 42.7 Å². The van der Waals surface area contributed by atoms with E-state index in [1.165, 1.54) is 12.1 Å². The van der Waals surface area contributed by atoms with Crippen LogP contribution >= 0.6 is 0 Å². The molecule has 4 rings (SSSR count). The molecule has 4 aromatic rings. The Kier molecular flexibility index (Phi) is 6.49. The number of unbranched alkanes of at least 4 members (excludes halogenated alkanes) is 1. The van der Waals surface area contributed by atoms with Gasteiger partial charge in [0.25, 0.3) is 0 Å². The number of amides is 1. The van der Waals surface area contributed by atoms with Crippen molar-refractivity contribution in [2.45, 2.75) is 45.6 Å². The molecule has 0 unspecified atom stereocenters. The Balaban J connectivity index is 1.71. The summed E-state index contributed by atoms with van der Waals surface area (Å²) >= 11 is 0. The molecule has 0 radical (unpaired) electrons. The molecular weight excluding hydrogens is 441 g/mol. The Morgan fingerprint density at radius 3 is 2.53 bits per heavy atom. The van der Waals surface area contributed by atoms with Crippen molar-refractivity contribution >= 4 is 33.8 Å². The maximum absolute atomic E-state index is 13.3. The fourth-order valence-corrected chi connectivity index (χ4v) is 4.03. The van der Waals surface area contributed by atoms with Crippen LogP contribution in [0.3, 0.4) is 0 Å². The summed E-state index contributed by atoms with van der Waals surface area (Å²) in [6, 6.07) is 8.29. The van der Waals surface area contributed by atoms with Crippen molar-refractivity contribution in [1.29, 1.82) is 0 Å². The fourth-order valence-electron chi connectivity index (χ4n) is 4.03. The van der Waals surface area contributed by atoms with Crippen molar-refractivity contribution in [2.24, 2.45) is 0 Å². The number of furan rings is 1. The van der Waals surface area contributed by atoms with E-state index in [0.717, 1.165) is 22.9 Å². The molecule has 1 atom stereocenters. The Hall–Kier alpha value is -3.94. The zero-order valence-electron chi connectivity index (χ0n) is 18.8. The van der Waals surface area contributed by atoms with Gasteiger partial charge in [0.2, 0.25) is 5.91 Å². The molecule has 0 aliphatic heterocycles. The number of aryl methyl sites for hydroxylation is 1. The molecule has 0 bridgehead atoms. The van der Waals surface area contributed by atoms with Crippen molar-refractivity contribution in [2.75, 3.05) is 0 Å². The number of carbonyl (C=O) groups is 2. The molecule has 1 amide bonds. The van der Waals surface area contributed by atoms with Crippen LogP contribution in [0.5, 0.6) is 0 Å². The summed E-state index contributed by atoms with van der Waals surface area (Å²) in [5.74, 6) is -2.31. The molecule has 34 heavy (non-hydrogen) atoms. The molecule has 2 heterocycles. The van der Waals surface area contributed by atoms with E-state index in [0.29, 0.717) is 28.5 Å². The van der Waals surface area contributed by atoms with E-state index in [1.807, 2.05) is 6.92 Å². The van der Waals surface area contributed by atoms with E-state index in [2.05, 4.69) is 5.32 Å². The molecular formula is C26H23FNO6-. The highest BCUT2D eigenvalue weighted by Crippen LogP contribution is 2.34. The maximum Gasteiger partial charge on any atom is 0.340 e. The standard InChI is InChI=1S/C26H24FNO6/c1-3-4-5-21(25(30)31)28-24(29)11-18-14(2)17-10-19-20(15-6-8-16(27)9-7-15)13-33-22(19)12-23(17)34-26(18)32/h6-10,12-13,21H,3-5,11H2,1-2H3,(H,28,29)(H,30,31)/p-1/t21-/m0/s1. The van der Waals surface area contributed by atoms with Crippen molar-refractivity contribution in [3.63, 3.8) is 0 Å². The van der Waals surface area contributed by atoms with Gasteiger partial charge in [0.1, 0.15) is 17.0 Å². The first kappa shape index (κ1) is 23.2. The lowest BCUT2D eigenvalue weighted by Crippen LogP contribution is -2.48. The molecule has 2 aromatic heterocycles. The zero-order valence-corrected chi connectivity index (χ0v) is 18.8. The van der Waals surface area contributed by atoms with Crippen molar-refractivity contribution in [3.8, 4) is 11.1 Å². The minimum atomic E-state index is -1.36. The molecule has 0 saturated heterocycles. The normalized spacial score (nSPS) is 12.2. The van der Waals surface area contributed by atoms with Crippen LogP contribution in [-0.4, -0.2) is 17.9 Å². The van der Waals surface area contributed by atoms with Gasteiger partial charge in [-0.15, -0.1) is 0 Å². The average molecular weight is 464 g/mol. The van der Waals surface area contributed by atoms with Gasteiger partial charge in [-0.1, -0.05) is 31.9 Å². The second kappa shape index (κ2) is 9.51. The topological polar surface area (TPSA) is 113 Å². The smallest absolute Gasteiger partial charge is 0.340 e. The van der Waals surface area contributed by atoms with Crippen LogP contribution in [0.2, 0.25) is 0 Å². The summed E-state index contributed by atoms with van der Waals surface area (Å²) in [4.78, 5) is 36.5. The molecule has 176 valence electrons. The number of carbonyl (C=O) groups excluding carboxylic acids is 2. The Morgan fingerprint density at radius 2 is 1.85 bits per heavy atom. The van der Waals surface area contributed by atoms with Crippen LogP contribution in [0, 0.1) is 12.7 Å². The summed E-state index contributed by atoms with van der Waals surface area (Å²) < 4.78 is 24.4. The lowest BCUT2D eigenvalue weighted by atomic mass is 9.99. The third-order valence-electron chi connectivity index (χ3n) is 5.94. The van der Waals surface area contributed by atoms with Crippen molar-refractivity contribution in [3.05, 3.63) is 70.0 Å². The maximum atomic E-state index is 13.3. The minimum Gasteiger partial charge on any atom is -0.548 e. The van der Waals surface area contributed by atoms with Gasteiger partial charge in [0.05, 0.1) is 30.3 Å². The van der Waals surface area contributed by atoms with E-state index < -0.39 is 23.5 Å². The number of carboxylic acid groups (broad SMARTS) is 1. The number of halogens is 1. The summed E-state index contributed by atoms with van der Waals surface area (Å²) in [5.41, 5.74) is 2.31. The number of benzene rings is 2. The highest BCUT2D eigenvalue weighted by Gasteiger charge is 2.20. The van der Waals surface area contributed by atoms with Crippen LogP contribution in [0.15, 0.2) is 56.3 Å². The van der Waals surface area contributed by atoms with Crippen LogP contribution in [0.4, 0.5) is 4.39 Å². The SMILES string of the molecule is CCCC[C@H](NC(=O)Cc1c(C)c2cc3c(-c4ccc(F)cc4)coc3cc2oc1=O)C(=O)[O-]. The fraction of sp³-hybridized carbons (Fsp3) is 0.269. The Labute approximate surface area is 194 Å². The van der Waals surface area contributed by atoms with Crippen LogP contribution < -0.4 is 16.0 Å². The van der Waals surface area contributed by atoms with E-state index in [4.69, 9.17) is 8.83 Å². The van der Waals surface area contributed by atoms with Gasteiger partial charge in [0, 0.05) is 22.4 Å². The minimum absolute atomic E-state index is 0.142. The van der Waals surface area contributed by atoms with Gasteiger partial charge < -0.3 is 24.1 Å². The van der Waals surface area contributed by atoms with Gasteiger partial charge >= 0.3 is 5.63 Å². The van der Waals surface area contributed by atoms with E-state index >= 15 is 0 Å². The predicted molar refractivity (Wildman–Crippen MR) is 123 cm³/mol. The predicted octanol–water partition coefficient (Wildman–Crippen LogP) is 3.62. The first-order valence-corrected chi connectivity index (χ1v) is 11.0. The molecule has 0 saturated carbocycles. The first-order valence-electron chi connectivity index (χ1n) is 11.0. The number of hydrogen-bond acceptors (Lipinski definition) is 6. The molecule has 8 heteroatoms. The third kappa shape index (κ3) is 4.57. The lowest BCUT2D eigenvalue weighted by Gasteiger charge is -2.19. The van der Waals surface area contributed by atoms with Gasteiger partial charge in [0.15, 0.2) is 0 Å². The largest absolute Gasteiger partial charge is 0.548 e. The van der Waals surface area contributed by atoms with Crippen molar-refractivity contribution in [1.82, 2.24) is 5.32 Å². The molecule has 0 aliphatic rings. The highest BCUT2D eigenvalue weighted by molar-refractivity contribution is 6.02. The van der Waals surface area contributed by atoms with Crippen molar-refractivity contribution < 1.29 is 27.9 Å². The number of hydrogen-bond donors (Lipinski definition) is 1. The number of fused-ring (bicyclic) bond motifs is 2. The number of rotatable bonds is 8. The second-order valence-electron chi connectivity index (χ2n) is 8.25. The highest BCUT2D eigenvalue weighted by atomic mass is 19.1. The average Bonchev–Trinajstić information content (AvgIpc) is 3.21. The number of carboxylic acids is 1. The molecule has 1 N–H and O–H groups in total. The van der Waals surface area contributed by atoms with Gasteiger partial charge in [-0.2, -0.15) is 0 Å². The van der Waals surface area contributed by atoms with E-state index in [9.17, 15) is 23.9 Å². The zero-order chi connectivity index (χ0) is 24.4. The molecule has 0 fully saturated rings. The number of aliphatic carboxylic acids is 1. The summed E-state index contributed by atoms with van der Waals surface area (Å²) in [6.07, 6.45) is 2.87. The summed E-state index contributed by atoms with van der Waals surface area (Å²) in [5, 5.41) is 15.1. The molecule has 0 spiro atoms. The van der Waals surface area contributed by atoms with Gasteiger partial charge in [-0.25, -0.2) is 9.18 Å². The van der Waals surface area contributed by atoms with Gasteiger partial charge in [-0.3, -0.25) is 4.79 Å². The van der Waals surface area contributed by atoms with Crippen LogP contribution in [0.25, 0.3) is 33.1 Å². The quantitative estimate of drug-likeness (QED) is 0.399. The lowest BCUT2D eigenvalue weighted by molar-refractivity contribution is -0.308. The summed E-state index contributed by atoms with van der Waals surface area (Å²) in [7, 11) is 0. The van der Waals surface area contributed by atoms with E-state index in [1.54, 1.807) is 37.5 Å². The van der Waals surface area contributed by atoms with Crippen LogP contribution in [-0.2, 0) is 16.0 Å². The third-order valence-corrected chi connectivity index (χ3v) is 5.94.